The van der Waals surface area contributed by atoms with Crippen LogP contribution in [0, 0.1) is 0 Å². The lowest BCUT2D eigenvalue weighted by molar-refractivity contribution is -0.138. The molecule has 0 aliphatic carbocycles. The minimum atomic E-state index is -1.03. The van der Waals surface area contributed by atoms with E-state index in [4.69, 9.17) is 15.3 Å². The number of H-pyrrole nitrogens is 1. The topological polar surface area (TPSA) is 109 Å². The first-order chi connectivity index (χ1) is 8.47. The van der Waals surface area contributed by atoms with E-state index in [1.54, 1.807) is 12.1 Å². The molecule has 2 rings (SSSR count). The van der Waals surface area contributed by atoms with Crippen LogP contribution in [0.15, 0.2) is 25.8 Å². The fourth-order valence-electron chi connectivity index (χ4n) is 1.64. The predicted octanol–water partition coefficient (Wildman–Crippen LogP) is 1.23. The van der Waals surface area contributed by atoms with Crippen molar-refractivity contribution in [2.45, 2.75) is 18.9 Å². The summed E-state index contributed by atoms with van der Waals surface area (Å²) in [4.78, 5) is 24.2. The number of nitrogens with one attached hydrogen (secondary N) is 1. The van der Waals surface area contributed by atoms with E-state index < -0.39 is 17.8 Å². The van der Waals surface area contributed by atoms with E-state index in [0.717, 1.165) is 10.0 Å². The van der Waals surface area contributed by atoms with Crippen molar-refractivity contribution < 1.29 is 14.3 Å². The van der Waals surface area contributed by atoms with Gasteiger partial charge < -0.3 is 15.3 Å². The number of aromatic nitrogens is 1. The summed E-state index contributed by atoms with van der Waals surface area (Å²) in [6, 6.07) is 2.53. The van der Waals surface area contributed by atoms with Gasteiger partial charge in [-0.25, -0.2) is 4.79 Å². The largest absolute Gasteiger partial charge is 0.480 e. The number of benzene rings is 1. The Morgan fingerprint density at radius 2 is 2.28 bits per heavy atom. The lowest BCUT2D eigenvalue weighted by Gasteiger charge is -2.07. The second-order valence-corrected chi connectivity index (χ2v) is 4.79. The van der Waals surface area contributed by atoms with Crippen LogP contribution in [0.5, 0.6) is 0 Å². The monoisotopic (exact) mass is 314 g/mol. The van der Waals surface area contributed by atoms with E-state index in [1.165, 1.54) is 0 Å². The minimum Gasteiger partial charge on any atom is -0.480 e. The van der Waals surface area contributed by atoms with E-state index in [-0.39, 0.29) is 0 Å². The van der Waals surface area contributed by atoms with Gasteiger partial charge in [-0.05, 0) is 30.5 Å². The molecule has 96 valence electrons. The summed E-state index contributed by atoms with van der Waals surface area (Å²) in [6.45, 7) is 0. The number of aryl methyl sites for hydroxylation is 1. The normalized spacial score (nSPS) is 12.8. The van der Waals surface area contributed by atoms with Crippen molar-refractivity contribution in [1.82, 2.24) is 4.98 Å². The highest BCUT2D eigenvalue weighted by Gasteiger charge is 2.13. The molecule has 0 radical (unpaired) electrons. The molecule has 2 aromatic rings. The molecule has 0 aliphatic heterocycles. The van der Waals surface area contributed by atoms with Crippen LogP contribution >= 0.6 is 15.9 Å². The van der Waals surface area contributed by atoms with Crippen molar-refractivity contribution in [3.63, 3.8) is 0 Å². The molecule has 6 nitrogen and oxygen atoms in total. The number of fused-ring (bicyclic) bond motifs is 1. The molecule has 0 spiro atoms. The fourth-order valence-corrected chi connectivity index (χ4v) is 2.18. The average molecular weight is 315 g/mol. The predicted molar refractivity (Wildman–Crippen MR) is 68.5 cm³/mol. The highest BCUT2D eigenvalue weighted by atomic mass is 79.9. The van der Waals surface area contributed by atoms with Crippen molar-refractivity contribution in [3.05, 3.63) is 32.7 Å². The zero-order valence-corrected chi connectivity index (χ0v) is 10.9. The number of hydrogen-bond acceptors (Lipinski definition) is 4. The standard InChI is InChI=1S/C11H11BrN2O4/c12-6-4-8-9(18-11(17)14-8)3-5(6)1-2-7(13)10(15)16/h3-4,7H,1-2,13H2,(H,14,17)(H,15,16)/t7-/m1/s1. The molecule has 0 aliphatic rings. The second kappa shape index (κ2) is 4.95. The van der Waals surface area contributed by atoms with Gasteiger partial charge in [0, 0.05) is 4.47 Å². The average Bonchev–Trinajstić information content (AvgIpc) is 2.64. The summed E-state index contributed by atoms with van der Waals surface area (Å²) in [7, 11) is 0. The van der Waals surface area contributed by atoms with Crippen LogP contribution in [0.1, 0.15) is 12.0 Å². The number of nitrogens with two attached hydrogens (primary N) is 1. The zero-order valence-electron chi connectivity index (χ0n) is 9.27. The smallest absolute Gasteiger partial charge is 0.417 e. The fraction of sp³-hybridized carbons (Fsp3) is 0.273. The Morgan fingerprint density at radius 3 is 2.94 bits per heavy atom. The van der Waals surface area contributed by atoms with Crippen LogP contribution in [0.3, 0.4) is 0 Å². The molecule has 0 fully saturated rings. The lowest BCUT2D eigenvalue weighted by Crippen LogP contribution is -2.30. The first kappa shape index (κ1) is 12.8. The molecule has 0 saturated carbocycles. The van der Waals surface area contributed by atoms with Gasteiger partial charge in [0.15, 0.2) is 5.58 Å². The van der Waals surface area contributed by atoms with Gasteiger partial charge in [0.1, 0.15) is 6.04 Å². The van der Waals surface area contributed by atoms with Gasteiger partial charge in [-0.3, -0.25) is 9.78 Å². The zero-order chi connectivity index (χ0) is 13.3. The van der Waals surface area contributed by atoms with Gasteiger partial charge >= 0.3 is 11.7 Å². The van der Waals surface area contributed by atoms with Gasteiger partial charge in [0.2, 0.25) is 0 Å². The van der Waals surface area contributed by atoms with Crippen LogP contribution in [0.4, 0.5) is 0 Å². The van der Waals surface area contributed by atoms with Gasteiger partial charge in [-0.2, -0.15) is 0 Å². The number of carboxylic acid groups (broad SMARTS) is 1. The Labute approximate surface area is 110 Å². The minimum absolute atomic E-state index is 0.314. The molecule has 7 heteroatoms. The first-order valence-corrected chi connectivity index (χ1v) is 6.06. The van der Waals surface area contributed by atoms with Crippen molar-refractivity contribution in [2.24, 2.45) is 5.73 Å². The van der Waals surface area contributed by atoms with Crippen molar-refractivity contribution in [3.8, 4) is 0 Å². The third kappa shape index (κ3) is 2.62. The second-order valence-electron chi connectivity index (χ2n) is 3.94. The van der Waals surface area contributed by atoms with E-state index in [1.807, 2.05) is 0 Å². The quantitative estimate of drug-likeness (QED) is 0.786. The summed E-state index contributed by atoms with van der Waals surface area (Å²) in [6.07, 6.45) is 0.799. The summed E-state index contributed by atoms with van der Waals surface area (Å²) >= 11 is 3.36. The van der Waals surface area contributed by atoms with E-state index >= 15 is 0 Å². The molecule has 1 aromatic heterocycles. The van der Waals surface area contributed by atoms with E-state index in [0.29, 0.717) is 23.9 Å². The highest BCUT2D eigenvalue weighted by Crippen LogP contribution is 2.24. The van der Waals surface area contributed by atoms with Gasteiger partial charge in [-0.1, -0.05) is 15.9 Å². The molecular formula is C11H11BrN2O4. The molecule has 0 amide bonds. The maximum absolute atomic E-state index is 11.0. The number of halogens is 1. The summed E-state index contributed by atoms with van der Waals surface area (Å²) in [5.74, 6) is -1.54. The Kier molecular flexibility index (Phi) is 3.53. The highest BCUT2D eigenvalue weighted by molar-refractivity contribution is 9.10. The lowest BCUT2D eigenvalue weighted by atomic mass is 10.1. The molecule has 0 unspecified atom stereocenters. The molecule has 18 heavy (non-hydrogen) atoms. The molecular weight excluding hydrogens is 304 g/mol. The third-order valence-electron chi connectivity index (χ3n) is 2.63. The maximum Gasteiger partial charge on any atom is 0.417 e. The first-order valence-electron chi connectivity index (χ1n) is 5.27. The van der Waals surface area contributed by atoms with E-state index in [9.17, 15) is 9.59 Å². The van der Waals surface area contributed by atoms with Crippen LogP contribution in [-0.2, 0) is 11.2 Å². The number of hydrogen-bond donors (Lipinski definition) is 3. The Hall–Kier alpha value is -1.60. The van der Waals surface area contributed by atoms with E-state index in [2.05, 4.69) is 20.9 Å². The molecule has 1 atom stereocenters. The molecule has 0 saturated heterocycles. The van der Waals surface area contributed by atoms with Crippen LogP contribution in [-0.4, -0.2) is 22.1 Å². The molecule has 0 bridgehead atoms. The van der Waals surface area contributed by atoms with Gasteiger partial charge in [0.05, 0.1) is 5.52 Å². The number of rotatable bonds is 4. The SMILES string of the molecule is N[C@H](CCc1cc2oc(=O)[nH]c2cc1Br)C(=O)O. The number of aromatic amines is 1. The Balaban J connectivity index is 2.25. The van der Waals surface area contributed by atoms with Crippen LogP contribution in [0.25, 0.3) is 11.1 Å². The number of aliphatic carboxylic acids is 1. The van der Waals surface area contributed by atoms with Crippen LogP contribution < -0.4 is 11.5 Å². The number of carboxylic acids is 1. The Bertz CT molecular complexity index is 646. The number of carbonyl (C=O) groups is 1. The van der Waals surface area contributed by atoms with Gasteiger partial charge in [0.25, 0.3) is 0 Å². The van der Waals surface area contributed by atoms with Crippen molar-refractivity contribution >= 4 is 33.0 Å². The molecule has 1 aromatic carbocycles. The van der Waals surface area contributed by atoms with Crippen molar-refractivity contribution in [1.29, 1.82) is 0 Å². The summed E-state index contributed by atoms with van der Waals surface area (Å²) < 4.78 is 5.72. The third-order valence-corrected chi connectivity index (χ3v) is 3.37. The number of oxazole rings is 1. The maximum atomic E-state index is 11.0. The Morgan fingerprint density at radius 1 is 1.56 bits per heavy atom. The van der Waals surface area contributed by atoms with Crippen LogP contribution in [0.2, 0.25) is 0 Å². The summed E-state index contributed by atoms with van der Waals surface area (Å²) in [5.41, 5.74) is 7.33. The molecule has 4 N–H and O–H groups in total. The molecule has 1 heterocycles. The van der Waals surface area contributed by atoms with Crippen molar-refractivity contribution in [2.75, 3.05) is 0 Å². The van der Waals surface area contributed by atoms with Gasteiger partial charge in [-0.15, -0.1) is 0 Å². The summed E-state index contributed by atoms with van der Waals surface area (Å²) in [5, 5.41) is 8.70.